The van der Waals surface area contributed by atoms with E-state index in [0.29, 0.717) is 6.54 Å². The number of nitrogens with one attached hydrogen (secondary N) is 1. The Hall–Kier alpha value is -0.870. The zero-order valence-corrected chi connectivity index (χ0v) is 12.5. The lowest BCUT2D eigenvalue weighted by atomic mass is 9.87. The summed E-state index contributed by atoms with van der Waals surface area (Å²) < 4.78 is 1.09. The van der Waals surface area contributed by atoms with Crippen LogP contribution in [0.4, 0.5) is 0 Å². The van der Waals surface area contributed by atoms with Gasteiger partial charge in [0.2, 0.25) is 5.91 Å². The lowest BCUT2D eigenvalue weighted by molar-refractivity contribution is -0.126. The average molecular weight is 326 g/mol. The van der Waals surface area contributed by atoms with Crippen molar-refractivity contribution in [2.45, 2.75) is 38.2 Å². The SMILES string of the molecule is O=C(NCCc1ccccc1Br)C1CCC(O)CC1. The summed E-state index contributed by atoms with van der Waals surface area (Å²) in [6, 6.07) is 8.07. The summed E-state index contributed by atoms with van der Waals surface area (Å²) in [7, 11) is 0. The maximum atomic E-state index is 12.0. The molecule has 0 saturated heterocycles. The maximum absolute atomic E-state index is 12.0. The normalized spacial score (nSPS) is 23.1. The second kappa shape index (κ2) is 7.06. The molecule has 2 rings (SSSR count). The van der Waals surface area contributed by atoms with Gasteiger partial charge >= 0.3 is 0 Å². The van der Waals surface area contributed by atoms with Crippen molar-refractivity contribution in [3.8, 4) is 0 Å². The number of carbonyl (C=O) groups is 1. The molecule has 104 valence electrons. The van der Waals surface area contributed by atoms with Crippen molar-refractivity contribution in [3.05, 3.63) is 34.3 Å². The molecule has 0 spiro atoms. The lowest BCUT2D eigenvalue weighted by Gasteiger charge is -2.24. The fraction of sp³-hybridized carbons (Fsp3) is 0.533. The molecule has 1 aromatic carbocycles. The molecule has 3 nitrogen and oxygen atoms in total. The van der Waals surface area contributed by atoms with Crippen LogP contribution in [0.1, 0.15) is 31.2 Å². The Morgan fingerprint density at radius 2 is 1.95 bits per heavy atom. The summed E-state index contributed by atoms with van der Waals surface area (Å²) in [4.78, 5) is 12.0. The summed E-state index contributed by atoms with van der Waals surface area (Å²) in [5.41, 5.74) is 1.21. The van der Waals surface area contributed by atoms with Gasteiger partial charge in [0.05, 0.1) is 6.10 Å². The molecule has 1 saturated carbocycles. The number of aliphatic hydroxyl groups excluding tert-OH is 1. The van der Waals surface area contributed by atoms with Gasteiger partial charge in [0.25, 0.3) is 0 Å². The Bertz CT molecular complexity index is 428. The van der Waals surface area contributed by atoms with Gasteiger partial charge in [-0.15, -0.1) is 0 Å². The molecule has 1 amide bonds. The van der Waals surface area contributed by atoms with Crippen molar-refractivity contribution < 1.29 is 9.90 Å². The van der Waals surface area contributed by atoms with Gasteiger partial charge in [0.15, 0.2) is 0 Å². The minimum Gasteiger partial charge on any atom is -0.393 e. The standard InChI is InChI=1S/C15H20BrNO2/c16-14-4-2-1-3-11(14)9-10-17-15(19)12-5-7-13(18)8-6-12/h1-4,12-13,18H,5-10H2,(H,17,19). The lowest BCUT2D eigenvalue weighted by Crippen LogP contribution is -2.35. The van der Waals surface area contributed by atoms with E-state index in [2.05, 4.69) is 27.3 Å². The number of hydrogen-bond acceptors (Lipinski definition) is 2. The van der Waals surface area contributed by atoms with E-state index in [1.165, 1.54) is 5.56 Å². The third kappa shape index (κ3) is 4.32. The number of amides is 1. The molecule has 0 aromatic heterocycles. The van der Waals surface area contributed by atoms with E-state index in [1.807, 2.05) is 18.2 Å². The first-order valence-corrected chi connectivity index (χ1v) is 7.65. The van der Waals surface area contributed by atoms with E-state index >= 15 is 0 Å². The van der Waals surface area contributed by atoms with Crippen LogP contribution < -0.4 is 5.32 Å². The summed E-state index contributed by atoms with van der Waals surface area (Å²) in [6.07, 6.45) is 3.75. The fourth-order valence-corrected chi connectivity index (χ4v) is 2.99. The van der Waals surface area contributed by atoms with Crippen LogP contribution >= 0.6 is 15.9 Å². The van der Waals surface area contributed by atoms with Gasteiger partial charge in [-0.05, 0) is 43.7 Å². The van der Waals surface area contributed by atoms with E-state index in [4.69, 9.17) is 0 Å². The van der Waals surface area contributed by atoms with Crippen LogP contribution in [0, 0.1) is 5.92 Å². The molecular weight excluding hydrogens is 306 g/mol. The fourth-order valence-electron chi connectivity index (χ4n) is 2.50. The predicted octanol–water partition coefficient (Wildman–Crippen LogP) is 2.66. The number of rotatable bonds is 4. The number of halogens is 1. The Morgan fingerprint density at radius 1 is 1.26 bits per heavy atom. The van der Waals surface area contributed by atoms with Gasteiger partial charge in [-0.3, -0.25) is 4.79 Å². The molecular formula is C15H20BrNO2. The monoisotopic (exact) mass is 325 g/mol. The molecule has 1 aromatic rings. The topological polar surface area (TPSA) is 49.3 Å². The van der Waals surface area contributed by atoms with Crippen LogP contribution in [0.25, 0.3) is 0 Å². The molecule has 2 N–H and O–H groups in total. The highest BCUT2D eigenvalue weighted by atomic mass is 79.9. The smallest absolute Gasteiger partial charge is 0.223 e. The van der Waals surface area contributed by atoms with Gasteiger partial charge in [0, 0.05) is 16.9 Å². The van der Waals surface area contributed by atoms with Crippen LogP contribution in [0.5, 0.6) is 0 Å². The number of hydrogen-bond donors (Lipinski definition) is 2. The molecule has 1 aliphatic carbocycles. The van der Waals surface area contributed by atoms with Crippen molar-refractivity contribution >= 4 is 21.8 Å². The Kier molecular flexibility index (Phi) is 5.40. The first kappa shape index (κ1) is 14.5. The minimum absolute atomic E-state index is 0.0858. The van der Waals surface area contributed by atoms with Crippen LogP contribution in [-0.4, -0.2) is 23.7 Å². The molecule has 0 bridgehead atoms. The van der Waals surface area contributed by atoms with Crippen LogP contribution in [0.15, 0.2) is 28.7 Å². The van der Waals surface area contributed by atoms with E-state index in [9.17, 15) is 9.90 Å². The van der Waals surface area contributed by atoms with Gasteiger partial charge in [-0.25, -0.2) is 0 Å². The van der Waals surface area contributed by atoms with Crippen LogP contribution in [0.3, 0.4) is 0 Å². The quantitative estimate of drug-likeness (QED) is 0.894. The zero-order chi connectivity index (χ0) is 13.7. The second-order valence-corrected chi connectivity index (χ2v) is 5.99. The summed E-state index contributed by atoms with van der Waals surface area (Å²) in [5, 5.41) is 12.4. The Morgan fingerprint density at radius 3 is 2.63 bits per heavy atom. The second-order valence-electron chi connectivity index (χ2n) is 5.14. The van der Waals surface area contributed by atoms with E-state index in [0.717, 1.165) is 36.6 Å². The molecule has 4 heteroatoms. The third-order valence-corrected chi connectivity index (χ3v) is 4.49. The van der Waals surface area contributed by atoms with Gasteiger partial charge in [-0.2, -0.15) is 0 Å². The first-order chi connectivity index (χ1) is 9.16. The van der Waals surface area contributed by atoms with E-state index < -0.39 is 0 Å². The first-order valence-electron chi connectivity index (χ1n) is 6.86. The highest BCUT2D eigenvalue weighted by Gasteiger charge is 2.24. The third-order valence-electron chi connectivity index (χ3n) is 3.72. The van der Waals surface area contributed by atoms with Crippen molar-refractivity contribution in [2.75, 3.05) is 6.54 Å². The number of aliphatic hydroxyl groups is 1. The number of benzene rings is 1. The average Bonchev–Trinajstić information content (AvgIpc) is 2.41. The molecule has 0 unspecified atom stereocenters. The molecule has 0 heterocycles. The number of carbonyl (C=O) groups excluding carboxylic acids is 1. The summed E-state index contributed by atoms with van der Waals surface area (Å²) in [6.45, 7) is 0.667. The highest BCUT2D eigenvalue weighted by Crippen LogP contribution is 2.24. The van der Waals surface area contributed by atoms with Crippen LogP contribution in [0.2, 0.25) is 0 Å². The molecule has 1 fully saturated rings. The van der Waals surface area contributed by atoms with Gasteiger partial charge < -0.3 is 10.4 Å². The highest BCUT2D eigenvalue weighted by molar-refractivity contribution is 9.10. The molecule has 19 heavy (non-hydrogen) atoms. The zero-order valence-electron chi connectivity index (χ0n) is 10.9. The minimum atomic E-state index is -0.204. The maximum Gasteiger partial charge on any atom is 0.223 e. The van der Waals surface area contributed by atoms with Crippen molar-refractivity contribution in [3.63, 3.8) is 0 Å². The molecule has 1 aliphatic rings. The summed E-state index contributed by atoms with van der Waals surface area (Å²) in [5.74, 6) is 0.224. The Labute approximate surface area is 122 Å². The van der Waals surface area contributed by atoms with E-state index in [-0.39, 0.29) is 17.9 Å². The molecule has 0 atom stereocenters. The Balaban J connectivity index is 1.74. The van der Waals surface area contributed by atoms with Crippen molar-refractivity contribution in [1.82, 2.24) is 5.32 Å². The van der Waals surface area contributed by atoms with Gasteiger partial charge in [-0.1, -0.05) is 34.1 Å². The van der Waals surface area contributed by atoms with Crippen molar-refractivity contribution in [1.29, 1.82) is 0 Å². The largest absolute Gasteiger partial charge is 0.393 e. The van der Waals surface area contributed by atoms with Crippen molar-refractivity contribution in [2.24, 2.45) is 5.92 Å². The van der Waals surface area contributed by atoms with Crippen LogP contribution in [-0.2, 0) is 11.2 Å². The summed E-state index contributed by atoms with van der Waals surface area (Å²) >= 11 is 3.51. The van der Waals surface area contributed by atoms with E-state index in [1.54, 1.807) is 0 Å². The van der Waals surface area contributed by atoms with Gasteiger partial charge in [0.1, 0.15) is 0 Å². The predicted molar refractivity (Wildman–Crippen MR) is 78.8 cm³/mol. The molecule has 0 aliphatic heterocycles. The molecule has 0 radical (unpaired) electrons.